The summed E-state index contributed by atoms with van der Waals surface area (Å²) in [5, 5.41) is 0.646. The molecule has 0 saturated carbocycles. The van der Waals surface area contributed by atoms with Crippen LogP contribution < -0.4 is 0 Å². The number of rotatable bonds is 2. The first-order chi connectivity index (χ1) is 12.1. The highest BCUT2D eigenvalue weighted by Gasteiger charge is 2.30. The Morgan fingerprint density at radius 2 is 2.24 bits per heavy atom. The molecule has 3 heterocycles. The van der Waals surface area contributed by atoms with E-state index in [0.717, 1.165) is 40.7 Å². The highest BCUT2D eigenvalue weighted by Crippen LogP contribution is 2.30. The number of pyridine rings is 1. The molecule has 0 unspecified atom stereocenters. The molecule has 128 valence electrons. The maximum absolute atomic E-state index is 13.0. The fourth-order valence-electron chi connectivity index (χ4n) is 3.50. The summed E-state index contributed by atoms with van der Waals surface area (Å²) in [6, 6.07) is 7.79. The predicted molar refractivity (Wildman–Crippen MR) is 97.9 cm³/mol. The molecule has 1 amide bonds. The zero-order valence-corrected chi connectivity index (χ0v) is 15.0. The van der Waals surface area contributed by atoms with E-state index in [4.69, 9.17) is 11.6 Å². The third kappa shape index (κ3) is 2.59. The van der Waals surface area contributed by atoms with Crippen LogP contribution in [0, 0.1) is 0 Å². The number of imidazole rings is 1. The molecule has 3 aromatic rings. The molecule has 4 rings (SSSR count). The van der Waals surface area contributed by atoms with Gasteiger partial charge in [0.05, 0.1) is 22.1 Å². The van der Waals surface area contributed by atoms with Crippen LogP contribution in [-0.2, 0) is 12.8 Å². The fourth-order valence-corrected chi connectivity index (χ4v) is 3.84. The van der Waals surface area contributed by atoms with Crippen LogP contribution in [0.2, 0.25) is 5.02 Å². The Kier molecular flexibility index (Phi) is 3.96. The van der Waals surface area contributed by atoms with Crippen molar-refractivity contribution in [1.29, 1.82) is 0 Å². The molecule has 1 aliphatic heterocycles. The number of benzene rings is 1. The van der Waals surface area contributed by atoms with Gasteiger partial charge in [-0.1, -0.05) is 30.7 Å². The summed E-state index contributed by atoms with van der Waals surface area (Å²) >= 11 is 6.44. The third-order valence-electron chi connectivity index (χ3n) is 4.95. The lowest BCUT2D eigenvalue weighted by Crippen LogP contribution is -2.39. The predicted octanol–water partition coefficient (Wildman–Crippen LogP) is 3.93. The van der Waals surface area contributed by atoms with E-state index in [1.54, 1.807) is 6.20 Å². The van der Waals surface area contributed by atoms with Crippen molar-refractivity contribution >= 4 is 28.5 Å². The molecule has 5 nitrogen and oxygen atoms in total. The number of nitrogens with zero attached hydrogens (tertiary/aromatic N) is 3. The minimum Gasteiger partial charge on any atom is -0.333 e. The Labute approximate surface area is 151 Å². The van der Waals surface area contributed by atoms with Crippen molar-refractivity contribution in [3.63, 3.8) is 0 Å². The summed E-state index contributed by atoms with van der Waals surface area (Å²) in [5.41, 5.74) is 4.67. The summed E-state index contributed by atoms with van der Waals surface area (Å²) < 4.78 is 0. The van der Waals surface area contributed by atoms with Crippen LogP contribution in [-0.4, -0.2) is 32.3 Å². The first-order valence-corrected chi connectivity index (χ1v) is 8.89. The van der Waals surface area contributed by atoms with Gasteiger partial charge in [-0.3, -0.25) is 9.78 Å². The molecule has 1 N–H and O–H groups in total. The van der Waals surface area contributed by atoms with E-state index in [-0.39, 0.29) is 11.9 Å². The summed E-state index contributed by atoms with van der Waals surface area (Å²) in [5.74, 6) is 0.233. The van der Waals surface area contributed by atoms with Crippen molar-refractivity contribution in [2.45, 2.75) is 32.7 Å². The Hall–Kier alpha value is -2.40. The maximum Gasteiger partial charge on any atom is 0.290 e. The molecular weight excluding hydrogens is 336 g/mol. The standard InChI is InChI=1S/C19H19ClN4O/c1-3-12-6-7-15-17(16(12)20)23-18(22-15)19(25)24-10-8-14-13(11(24)2)5-4-9-21-14/h4-7,9,11H,3,8,10H2,1-2H3,(H,22,23)/t11-/m1/s1. The Morgan fingerprint density at radius 3 is 3.04 bits per heavy atom. The lowest BCUT2D eigenvalue weighted by Gasteiger charge is -2.34. The van der Waals surface area contributed by atoms with Crippen molar-refractivity contribution < 1.29 is 4.79 Å². The number of H-pyrrole nitrogens is 1. The molecule has 1 atom stereocenters. The largest absolute Gasteiger partial charge is 0.333 e. The first kappa shape index (κ1) is 16.1. The summed E-state index contributed by atoms with van der Waals surface area (Å²) in [7, 11) is 0. The van der Waals surface area contributed by atoms with E-state index in [1.807, 2.05) is 36.1 Å². The minimum absolute atomic E-state index is 0.0279. The zero-order valence-electron chi connectivity index (χ0n) is 14.2. The van der Waals surface area contributed by atoms with Crippen LogP contribution in [0.5, 0.6) is 0 Å². The van der Waals surface area contributed by atoms with Gasteiger partial charge in [-0.15, -0.1) is 0 Å². The van der Waals surface area contributed by atoms with E-state index in [9.17, 15) is 4.79 Å². The highest BCUT2D eigenvalue weighted by atomic mass is 35.5. The molecule has 0 saturated heterocycles. The second kappa shape index (κ2) is 6.15. The molecule has 0 fully saturated rings. The molecular formula is C19H19ClN4O. The number of aromatic amines is 1. The van der Waals surface area contributed by atoms with E-state index < -0.39 is 0 Å². The van der Waals surface area contributed by atoms with Crippen LogP contribution >= 0.6 is 11.6 Å². The number of nitrogens with one attached hydrogen (secondary N) is 1. The van der Waals surface area contributed by atoms with Gasteiger partial charge in [-0.2, -0.15) is 0 Å². The summed E-state index contributed by atoms with van der Waals surface area (Å²) in [6.45, 7) is 4.72. The molecule has 0 spiro atoms. The van der Waals surface area contributed by atoms with Crippen molar-refractivity contribution in [2.75, 3.05) is 6.54 Å². The van der Waals surface area contributed by atoms with Gasteiger partial charge >= 0.3 is 0 Å². The van der Waals surface area contributed by atoms with E-state index in [1.165, 1.54) is 0 Å². The van der Waals surface area contributed by atoms with E-state index >= 15 is 0 Å². The first-order valence-electron chi connectivity index (χ1n) is 8.52. The second-order valence-electron chi connectivity index (χ2n) is 6.34. The number of hydrogen-bond acceptors (Lipinski definition) is 3. The van der Waals surface area contributed by atoms with Gasteiger partial charge in [-0.05, 0) is 36.6 Å². The number of aryl methyl sites for hydroxylation is 1. The molecule has 1 aliphatic rings. The van der Waals surface area contributed by atoms with Crippen molar-refractivity contribution in [1.82, 2.24) is 19.9 Å². The number of halogens is 1. The number of hydrogen-bond donors (Lipinski definition) is 1. The molecule has 25 heavy (non-hydrogen) atoms. The molecule has 1 aromatic carbocycles. The van der Waals surface area contributed by atoms with Gasteiger partial charge in [0.25, 0.3) is 5.91 Å². The second-order valence-corrected chi connectivity index (χ2v) is 6.71. The van der Waals surface area contributed by atoms with Gasteiger partial charge in [0.15, 0.2) is 5.82 Å². The lowest BCUT2D eigenvalue weighted by molar-refractivity contribution is 0.0665. The van der Waals surface area contributed by atoms with Gasteiger partial charge in [0, 0.05) is 24.9 Å². The van der Waals surface area contributed by atoms with E-state index in [2.05, 4.69) is 21.9 Å². The lowest BCUT2D eigenvalue weighted by atomic mass is 9.98. The Morgan fingerprint density at radius 1 is 1.40 bits per heavy atom. The van der Waals surface area contributed by atoms with Crippen LogP contribution in [0.15, 0.2) is 30.5 Å². The van der Waals surface area contributed by atoms with Crippen LogP contribution in [0.25, 0.3) is 11.0 Å². The minimum atomic E-state index is -0.104. The number of carbonyl (C=O) groups excluding carboxylic acids is 1. The molecule has 0 bridgehead atoms. The normalized spacial score (nSPS) is 16.9. The van der Waals surface area contributed by atoms with Crippen LogP contribution in [0.4, 0.5) is 0 Å². The molecule has 0 aliphatic carbocycles. The van der Waals surface area contributed by atoms with Crippen molar-refractivity contribution in [3.8, 4) is 0 Å². The quantitative estimate of drug-likeness (QED) is 0.758. The van der Waals surface area contributed by atoms with Crippen LogP contribution in [0.3, 0.4) is 0 Å². The monoisotopic (exact) mass is 354 g/mol. The van der Waals surface area contributed by atoms with Crippen molar-refractivity contribution in [3.05, 3.63) is 58.1 Å². The average molecular weight is 355 g/mol. The van der Waals surface area contributed by atoms with Gasteiger partial charge in [-0.25, -0.2) is 4.98 Å². The van der Waals surface area contributed by atoms with Gasteiger partial charge < -0.3 is 9.88 Å². The van der Waals surface area contributed by atoms with E-state index in [0.29, 0.717) is 17.4 Å². The average Bonchev–Trinajstić information content (AvgIpc) is 3.07. The van der Waals surface area contributed by atoms with Gasteiger partial charge in [0.2, 0.25) is 0 Å². The maximum atomic E-state index is 13.0. The molecule has 0 radical (unpaired) electrons. The number of fused-ring (bicyclic) bond motifs is 2. The SMILES string of the molecule is CCc1ccc2nc(C(=O)N3CCc4ncccc4[C@H]3C)[nH]c2c1Cl. The number of carbonyl (C=O) groups is 1. The topological polar surface area (TPSA) is 61.9 Å². The number of aromatic nitrogens is 3. The number of amides is 1. The molecule has 6 heteroatoms. The highest BCUT2D eigenvalue weighted by molar-refractivity contribution is 6.35. The summed E-state index contributed by atoms with van der Waals surface area (Å²) in [4.78, 5) is 26.9. The Bertz CT molecular complexity index is 965. The fraction of sp³-hybridized carbons (Fsp3) is 0.316. The zero-order chi connectivity index (χ0) is 17.6. The summed E-state index contributed by atoms with van der Waals surface area (Å²) in [6.07, 6.45) is 3.40. The smallest absolute Gasteiger partial charge is 0.290 e. The molecule has 2 aromatic heterocycles. The third-order valence-corrected chi connectivity index (χ3v) is 5.38. The van der Waals surface area contributed by atoms with Gasteiger partial charge in [0.1, 0.15) is 0 Å². The van der Waals surface area contributed by atoms with Crippen molar-refractivity contribution in [2.24, 2.45) is 0 Å². The Balaban J connectivity index is 1.70. The van der Waals surface area contributed by atoms with Crippen LogP contribution in [0.1, 0.15) is 47.3 Å².